The fourth-order valence-electron chi connectivity index (χ4n) is 3.07. The van der Waals surface area contributed by atoms with Crippen LogP contribution in [0.2, 0.25) is 0 Å². The number of fused-ring (bicyclic) bond motifs is 3. The molecule has 3 aromatic carbocycles. The smallest absolute Gasteiger partial charge is 0.221 e. The van der Waals surface area contributed by atoms with Crippen LogP contribution in [0, 0.1) is 0 Å². The molecule has 3 nitrogen and oxygen atoms in total. The lowest BCUT2D eigenvalue weighted by atomic mass is 10.1. The number of amides is 1. The third-order valence-electron chi connectivity index (χ3n) is 4.08. The summed E-state index contributed by atoms with van der Waals surface area (Å²) in [5, 5.41) is 2.77. The van der Waals surface area contributed by atoms with Gasteiger partial charge < -0.3 is 5.32 Å². The van der Waals surface area contributed by atoms with Gasteiger partial charge >= 0.3 is 0 Å². The molecule has 1 aliphatic rings. The van der Waals surface area contributed by atoms with Gasteiger partial charge in [0.15, 0.2) is 0 Å². The van der Waals surface area contributed by atoms with Crippen LogP contribution in [0.1, 0.15) is 18.1 Å². The zero-order valence-electron chi connectivity index (χ0n) is 13.3. The summed E-state index contributed by atoms with van der Waals surface area (Å²) >= 11 is 0. The number of rotatable bonds is 2. The Bertz CT molecular complexity index is 908. The molecule has 0 spiro atoms. The summed E-state index contributed by atoms with van der Waals surface area (Å²) in [5.74, 6) is -0.0762. The van der Waals surface area contributed by atoms with Gasteiger partial charge in [-0.2, -0.15) is 0 Å². The van der Waals surface area contributed by atoms with Crippen LogP contribution in [0.15, 0.2) is 77.8 Å². The van der Waals surface area contributed by atoms with E-state index in [2.05, 4.69) is 41.7 Å². The van der Waals surface area contributed by atoms with E-state index in [1.54, 1.807) is 0 Å². The number of aliphatic imine (C=N–C) groups is 1. The Labute approximate surface area is 140 Å². The zero-order valence-corrected chi connectivity index (χ0v) is 13.3. The molecule has 0 aliphatic heterocycles. The van der Waals surface area contributed by atoms with Crippen LogP contribution in [0.25, 0.3) is 11.1 Å². The van der Waals surface area contributed by atoms with E-state index >= 15 is 0 Å². The highest BCUT2D eigenvalue weighted by molar-refractivity contribution is 6.25. The van der Waals surface area contributed by atoms with Gasteiger partial charge in [-0.05, 0) is 35.4 Å². The van der Waals surface area contributed by atoms with Gasteiger partial charge in [-0.15, -0.1) is 0 Å². The van der Waals surface area contributed by atoms with E-state index in [9.17, 15) is 4.79 Å². The van der Waals surface area contributed by atoms with Crippen molar-refractivity contribution in [1.29, 1.82) is 0 Å². The fourth-order valence-corrected chi connectivity index (χ4v) is 3.07. The van der Waals surface area contributed by atoms with Gasteiger partial charge in [0.1, 0.15) is 0 Å². The molecule has 24 heavy (non-hydrogen) atoms. The molecule has 3 heteroatoms. The number of nitrogens with one attached hydrogen (secondary N) is 1. The van der Waals surface area contributed by atoms with Gasteiger partial charge in [0.25, 0.3) is 0 Å². The maximum absolute atomic E-state index is 11.1. The van der Waals surface area contributed by atoms with Crippen molar-refractivity contribution in [3.63, 3.8) is 0 Å². The van der Waals surface area contributed by atoms with Crippen LogP contribution in [-0.4, -0.2) is 11.6 Å². The molecule has 4 rings (SSSR count). The van der Waals surface area contributed by atoms with E-state index in [1.807, 2.05) is 36.4 Å². The number of carbonyl (C=O) groups excluding carboxylic acids is 1. The topological polar surface area (TPSA) is 41.5 Å². The van der Waals surface area contributed by atoms with E-state index in [-0.39, 0.29) is 5.91 Å². The summed E-state index contributed by atoms with van der Waals surface area (Å²) in [7, 11) is 0. The van der Waals surface area contributed by atoms with Crippen molar-refractivity contribution in [2.75, 3.05) is 5.32 Å². The minimum Gasteiger partial charge on any atom is -0.326 e. The van der Waals surface area contributed by atoms with Gasteiger partial charge in [0.05, 0.1) is 11.4 Å². The number of carbonyl (C=O) groups is 1. The highest BCUT2D eigenvalue weighted by atomic mass is 16.1. The number of hydrogen-bond donors (Lipinski definition) is 1. The van der Waals surface area contributed by atoms with Crippen LogP contribution in [0.4, 0.5) is 11.4 Å². The van der Waals surface area contributed by atoms with E-state index in [1.165, 1.54) is 18.1 Å². The molecule has 1 aliphatic carbocycles. The summed E-state index contributed by atoms with van der Waals surface area (Å²) in [4.78, 5) is 16.0. The van der Waals surface area contributed by atoms with Crippen molar-refractivity contribution in [2.45, 2.75) is 6.92 Å². The average molecular weight is 312 g/mol. The molecular weight excluding hydrogens is 296 g/mol. The molecule has 0 heterocycles. The summed E-state index contributed by atoms with van der Waals surface area (Å²) in [6.07, 6.45) is 0. The highest BCUT2D eigenvalue weighted by Crippen LogP contribution is 2.37. The van der Waals surface area contributed by atoms with Gasteiger partial charge in [-0.25, -0.2) is 4.99 Å². The Hall–Kier alpha value is -3.20. The number of nitrogens with zero attached hydrogens (tertiary/aromatic N) is 1. The standard InChI is InChI=1S/C21H16N2O/c1-14(24)22-15-10-12-16(13-11-15)23-21-19-8-4-2-6-17(19)18-7-3-5-9-20(18)21/h2-13H,1H3,(H,22,24). The van der Waals surface area contributed by atoms with Crippen LogP contribution >= 0.6 is 0 Å². The third kappa shape index (κ3) is 2.50. The molecule has 0 radical (unpaired) electrons. The molecular formula is C21H16N2O. The monoisotopic (exact) mass is 312 g/mol. The van der Waals surface area contributed by atoms with Gasteiger partial charge in [0.2, 0.25) is 5.91 Å². The number of anilines is 1. The predicted molar refractivity (Wildman–Crippen MR) is 97.9 cm³/mol. The first-order valence-electron chi connectivity index (χ1n) is 7.88. The van der Waals surface area contributed by atoms with Crippen molar-refractivity contribution in [2.24, 2.45) is 4.99 Å². The normalized spacial score (nSPS) is 11.6. The number of hydrogen-bond acceptors (Lipinski definition) is 2. The minimum atomic E-state index is -0.0762. The molecule has 0 unspecified atom stereocenters. The van der Waals surface area contributed by atoms with Crippen molar-refractivity contribution < 1.29 is 4.79 Å². The minimum absolute atomic E-state index is 0.0762. The summed E-state index contributed by atoms with van der Waals surface area (Å²) in [5.41, 5.74) is 7.40. The average Bonchev–Trinajstić information content (AvgIpc) is 2.91. The fraction of sp³-hybridized carbons (Fsp3) is 0.0476. The Morgan fingerprint density at radius 2 is 1.25 bits per heavy atom. The first-order valence-corrected chi connectivity index (χ1v) is 7.88. The van der Waals surface area contributed by atoms with Gasteiger partial charge in [0, 0.05) is 23.7 Å². The van der Waals surface area contributed by atoms with Crippen molar-refractivity contribution in [3.8, 4) is 11.1 Å². The first kappa shape index (κ1) is 14.4. The maximum atomic E-state index is 11.1. The first-order chi connectivity index (χ1) is 11.7. The second-order valence-corrected chi connectivity index (χ2v) is 5.78. The van der Waals surface area contributed by atoms with Crippen molar-refractivity contribution in [1.82, 2.24) is 0 Å². The van der Waals surface area contributed by atoms with E-state index in [0.29, 0.717) is 0 Å². The highest BCUT2D eigenvalue weighted by Gasteiger charge is 2.23. The largest absolute Gasteiger partial charge is 0.326 e. The second kappa shape index (κ2) is 5.78. The summed E-state index contributed by atoms with van der Waals surface area (Å²) in [6.45, 7) is 1.50. The predicted octanol–water partition coefficient (Wildman–Crippen LogP) is 4.79. The summed E-state index contributed by atoms with van der Waals surface area (Å²) in [6, 6.07) is 24.3. The summed E-state index contributed by atoms with van der Waals surface area (Å²) < 4.78 is 0. The van der Waals surface area contributed by atoms with E-state index < -0.39 is 0 Å². The molecule has 116 valence electrons. The lowest BCUT2D eigenvalue weighted by Crippen LogP contribution is -2.05. The van der Waals surface area contributed by atoms with Crippen LogP contribution in [-0.2, 0) is 4.79 Å². The molecule has 0 atom stereocenters. The lowest BCUT2D eigenvalue weighted by molar-refractivity contribution is -0.114. The zero-order chi connectivity index (χ0) is 16.5. The van der Waals surface area contributed by atoms with Gasteiger partial charge in [-0.3, -0.25) is 4.79 Å². The molecule has 0 aromatic heterocycles. The quantitative estimate of drug-likeness (QED) is 0.568. The van der Waals surface area contributed by atoms with Crippen LogP contribution < -0.4 is 5.32 Å². The Kier molecular flexibility index (Phi) is 3.47. The van der Waals surface area contributed by atoms with Crippen LogP contribution in [0.5, 0.6) is 0 Å². The molecule has 0 saturated carbocycles. The van der Waals surface area contributed by atoms with E-state index in [4.69, 9.17) is 4.99 Å². The van der Waals surface area contributed by atoms with Gasteiger partial charge in [-0.1, -0.05) is 48.5 Å². The maximum Gasteiger partial charge on any atom is 0.221 e. The Morgan fingerprint density at radius 3 is 1.75 bits per heavy atom. The number of benzene rings is 3. The SMILES string of the molecule is CC(=O)Nc1ccc(N=C2c3ccccc3-c3ccccc32)cc1. The third-order valence-corrected chi connectivity index (χ3v) is 4.08. The van der Waals surface area contributed by atoms with Crippen molar-refractivity contribution in [3.05, 3.63) is 83.9 Å². The Balaban J connectivity index is 1.78. The molecule has 1 N–H and O–H groups in total. The van der Waals surface area contributed by atoms with Crippen molar-refractivity contribution >= 4 is 23.0 Å². The molecule has 0 saturated heterocycles. The Morgan fingerprint density at radius 1 is 0.750 bits per heavy atom. The van der Waals surface area contributed by atoms with E-state index in [0.717, 1.165) is 28.2 Å². The lowest BCUT2D eigenvalue weighted by Gasteiger charge is -2.04. The molecule has 0 bridgehead atoms. The van der Waals surface area contributed by atoms with Crippen LogP contribution in [0.3, 0.4) is 0 Å². The molecule has 0 fully saturated rings. The molecule has 1 amide bonds. The molecule has 3 aromatic rings. The second-order valence-electron chi connectivity index (χ2n) is 5.78.